The second kappa shape index (κ2) is 4.92. The van der Waals surface area contributed by atoms with Gasteiger partial charge in [-0.25, -0.2) is 9.78 Å². The third kappa shape index (κ3) is 2.62. The lowest BCUT2D eigenvalue weighted by atomic mass is 10.3. The summed E-state index contributed by atoms with van der Waals surface area (Å²) in [5.74, 6) is -0.402. The quantitative estimate of drug-likeness (QED) is 0.642. The summed E-state index contributed by atoms with van der Waals surface area (Å²) in [6.07, 6.45) is 5.15. The largest absolute Gasteiger partial charge is 0.477 e. The highest BCUT2D eigenvalue weighted by Gasteiger charge is 2.18. The molecule has 0 radical (unpaired) electrons. The number of hydrogen-bond donors (Lipinski definition) is 1. The molecule has 0 aliphatic carbocycles. The first-order chi connectivity index (χ1) is 8.99. The first-order valence-electron chi connectivity index (χ1n) is 5.53. The smallest absolute Gasteiger partial charge is 0.352 e. The first-order valence-corrected chi connectivity index (χ1v) is 5.53. The van der Waals surface area contributed by atoms with Crippen molar-refractivity contribution in [3.63, 3.8) is 0 Å². The first kappa shape index (κ1) is 12.8. The highest BCUT2D eigenvalue weighted by molar-refractivity contribution is 5.86. The van der Waals surface area contributed by atoms with E-state index >= 15 is 0 Å². The molecule has 1 N–H and O–H groups in total. The van der Waals surface area contributed by atoms with E-state index in [9.17, 15) is 14.9 Å². The third-order valence-corrected chi connectivity index (χ3v) is 2.81. The van der Waals surface area contributed by atoms with Crippen molar-refractivity contribution in [1.82, 2.24) is 14.1 Å². The van der Waals surface area contributed by atoms with Gasteiger partial charge in [-0.1, -0.05) is 0 Å². The van der Waals surface area contributed by atoms with Crippen LogP contribution in [-0.4, -0.2) is 30.1 Å². The van der Waals surface area contributed by atoms with Crippen LogP contribution in [0.5, 0.6) is 0 Å². The maximum atomic E-state index is 11.0. The number of aryl methyl sites for hydroxylation is 3. The number of carboxylic acids is 1. The molecule has 0 spiro atoms. The number of aromatic nitrogens is 3. The zero-order valence-electron chi connectivity index (χ0n) is 10.2. The number of rotatable bonds is 5. The summed E-state index contributed by atoms with van der Waals surface area (Å²) in [6, 6.07) is 1.06. The summed E-state index contributed by atoms with van der Waals surface area (Å²) in [4.78, 5) is 25.2. The second-order valence-corrected chi connectivity index (χ2v) is 4.04. The van der Waals surface area contributed by atoms with Crippen molar-refractivity contribution in [2.24, 2.45) is 7.05 Å². The second-order valence-electron chi connectivity index (χ2n) is 4.04. The molecule has 0 atom stereocenters. The van der Waals surface area contributed by atoms with Crippen molar-refractivity contribution in [1.29, 1.82) is 0 Å². The van der Waals surface area contributed by atoms with E-state index in [4.69, 9.17) is 5.11 Å². The predicted octanol–water partition coefficient (Wildman–Crippen LogP) is 1.07. The lowest BCUT2D eigenvalue weighted by Crippen LogP contribution is -2.11. The molecular formula is C11H12N4O4. The molecule has 8 nitrogen and oxygen atoms in total. The van der Waals surface area contributed by atoms with E-state index in [1.54, 1.807) is 12.4 Å². The Labute approximate surface area is 108 Å². The van der Waals surface area contributed by atoms with Crippen LogP contribution < -0.4 is 0 Å². The maximum absolute atomic E-state index is 11.0. The van der Waals surface area contributed by atoms with Crippen LogP contribution >= 0.6 is 0 Å². The van der Waals surface area contributed by atoms with Crippen LogP contribution in [0.4, 0.5) is 5.69 Å². The van der Waals surface area contributed by atoms with E-state index in [1.807, 2.05) is 11.6 Å². The van der Waals surface area contributed by atoms with Gasteiger partial charge in [0.1, 0.15) is 11.5 Å². The fourth-order valence-corrected chi connectivity index (χ4v) is 1.82. The molecular weight excluding hydrogens is 252 g/mol. The van der Waals surface area contributed by atoms with Crippen LogP contribution in [0.2, 0.25) is 0 Å². The predicted molar refractivity (Wildman–Crippen MR) is 65.0 cm³/mol. The molecule has 0 aromatic carbocycles. The lowest BCUT2D eigenvalue weighted by Gasteiger charge is -2.05. The minimum Gasteiger partial charge on any atom is -0.477 e. The summed E-state index contributed by atoms with van der Waals surface area (Å²) in [5, 5.41) is 19.7. The minimum atomic E-state index is -1.19. The highest BCUT2D eigenvalue weighted by Crippen LogP contribution is 2.17. The van der Waals surface area contributed by atoms with Crippen LogP contribution in [0.15, 0.2) is 24.7 Å². The monoisotopic (exact) mass is 264 g/mol. The molecule has 0 fully saturated rings. The van der Waals surface area contributed by atoms with Crippen LogP contribution in [0, 0.1) is 10.1 Å². The van der Waals surface area contributed by atoms with E-state index in [1.165, 1.54) is 10.8 Å². The van der Waals surface area contributed by atoms with Gasteiger partial charge >= 0.3 is 5.97 Å². The summed E-state index contributed by atoms with van der Waals surface area (Å²) in [5.41, 5.74) is -0.321. The Morgan fingerprint density at radius 2 is 2.32 bits per heavy atom. The van der Waals surface area contributed by atoms with Crippen molar-refractivity contribution < 1.29 is 14.8 Å². The number of imidazole rings is 1. The van der Waals surface area contributed by atoms with Crippen molar-refractivity contribution in [2.75, 3.05) is 0 Å². The molecule has 2 rings (SSSR count). The molecule has 8 heteroatoms. The van der Waals surface area contributed by atoms with E-state index in [-0.39, 0.29) is 11.4 Å². The van der Waals surface area contributed by atoms with Gasteiger partial charge in [-0.05, 0) is 0 Å². The van der Waals surface area contributed by atoms with Gasteiger partial charge in [-0.3, -0.25) is 10.1 Å². The van der Waals surface area contributed by atoms with Crippen molar-refractivity contribution in [3.8, 4) is 0 Å². The molecule has 0 aliphatic rings. The molecule has 0 saturated heterocycles. The van der Waals surface area contributed by atoms with Gasteiger partial charge in [-0.2, -0.15) is 0 Å². The molecule has 0 saturated carbocycles. The summed E-state index contributed by atoms with van der Waals surface area (Å²) in [6.45, 7) is 0.320. The molecule has 2 heterocycles. The fraction of sp³-hybridized carbons (Fsp3) is 0.273. The van der Waals surface area contributed by atoms with Crippen LogP contribution in [0.1, 0.15) is 16.3 Å². The van der Waals surface area contributed by atoms with Crippen LogP contribution in [-0.2, 0) is 20.0 Å². The van der Waals surface area contributed by atoms with Crippen molar-refractivity contribution >= 4 is 11.7 Å². The van der Waals surface area contributed by atoms with Crippen LogP contribution in [0.25, 0.3) is 0 Å². The average molecular weight is 264 g/mol. The number of nitrogens with zero attached hydrogens (tertiary/aromatic N) is 4. The Balaban J connectivity index is 2.21. The maximum Gasteiger partial charge on any atom is 0.352 e. The van der Waals surface area contributed by atoms with Gasteiger partial charge in [0.2, 0.25) is 0 Å². The Morgan fingerprint density at radius 3 is 2.84 bits per heavy atom. The van der Waals surface area contributed by atoms with Gasteiger partial charge in [-0.15, -0.1) is 0 Å². The Hall–Kier alpha value is -2.64. The lowest BCUT2D eigenvalue weighted by molar-refractivity contribution is -0.384. The van der Waals surface area contributed by atoms with Crippen LogP contribution in [0.3, 0.4) is 0 Å². The number of nitro groups is 1. The van der Waals surface area contributed by atoms with Gasteiger partial charge < -0.3 is 14.2 Å². The summed E-state index contributed by atoms with van der Waals surface area (Å²) in [7, 11) is 1.83. The van der Waals surface area contributed by atoms with E-state index < -0.39 is 10.9 Å². The van der Waals surface area contributed by atoms with E-state index in [2.05, 4.69) is 4.98 Å². The van der Waals surface area contributed by atoms with Crippen molar-refractivity contribution in [3.05, 3.63) is 46.3 Å². The Bertz CT molecular complexity index is 628. The van der Waals surface area contributed by atoms with E-state index in [0.29, 0.717) is 13.0 Å². The molecule has 19 heavy (non-hydrogen) atoms. The summed E-state index contributed by atoms with van der Waals surface area (Å²) < 4.78 is 3.17. The average Bonchev–Trinajstić information content (AvgIpc) is 2.92. The van der Waals surface area contributed by atoms with Crippen molar-refractivity contribution in [2.45, 2.75) is 13.0 Å². The Kier molecular flexibility index (Phi) is 3.32. The summed E-state index contributed by atoms with van der Waals surface area (Å²) >= 11 is 0. The number of aromatic carboxylic acids is 1. The molecule has 0 unspecified atom stereocenters. The minimum absolute atomic E-state index is 0.0964. The number of carboxylic acid groups (broad SMARTS) is 1. The topological polar surface area (TPSA) is 103 Å². The number of carbonyl (C=O) groups is 1. The third-order valence-electron chi connectivity index (χ3n) is 2.81. The molecule has 2 aromatic rings. The van der Waals surface area contributed by atoms with E-state index in [0.717, 1.165) is 11.9 Å². The van der Waals surface area contributed by atoms with Gasteiger partial charge in [0.05, 0.1) is 11.1 Å². The molecule has 0 aliphatic heterocycles. The zero-order valence-corrected chi connectivity index (χ0v) is 10.2. The molecule has 2 aromatic heterocycles. The van der Waals surface area contributed by atoms with Gasteiger partial charge in [0, 0.05) is 38.5 Å². The number of hydrogen-bond acceptors (Lipinski definition) is 4. The molecule has 0 bridgehead atoms. The molecule has 100 valence electrons. The zero-order chi connectivity index (χ0) is 14.0. The van der Waals surface area contributed by atoms with Gasteiger partial charge in [0.25, 0.3) is 5.69 Å². The standard InChI is InChI=1S/C11H12N4O4/c1-13-5-3-12-10(13)2-4-14-7-8(15(18)19)6-9(14)11(16)17/h3,5-7H,2,4H2,1H3,(H,16,17). The SMILES string of the molecule is Cn1ccnc1CCn1cc([N+](=O)[O-])cc1C(=O)O. The Morgan fingerprint density at radius 1 is 1.58 bits per heavy atom. The highest BCUT2D eigenvalue weighted by atomic mass is 16.6. The molecule has 0 amide bonds. The normalized spacial score (nSPS) is 10.6. The van der Waals surface area contributed by atoms with Gasteiger partial charge in [0.15, 0.2) is 0 Å². The fourth-order valence-electron chi connectivity index (χ4n) is 1.82.